The Morgan fingerprint density at radius 3 is 2.76 bits per heavy atom. The molecule has 130 valence electrons. The maximum Gasteiger partial charge on any atom is 0.311 e. The fraction of sp³-hybridized carbons (Fsp3) is 0.300. The number of benzene rings is 2. The maximum absolute atomic E-state index is 12.1. The molecule has 0 heterocycles. The van der Waals surface area contributed by atoms with Crippen molar-refractivity contribution in [3.63, 3.8) is 0 Å². The molecule has 0 saturated heterocycles. The second kappa shape index (κ2) is 7.70. The Bertz CT molecular complexity index is 803. The number of ether oxygens (including phenoxy) is 1. The topological polar surface area (TPSA) is 55.4 Å². The molecule has 0 aliphatic heterocycles. The van der Waals surface area contributed by atoms with Crippen molar-refractivity contribution >= 4 is 29.2 Å². The third-order valence-corrected chi connectivity index (χ3v) is 4.52. The summed E-state index contributed by atoms with van der Waals surface area (Å²) in [6, 6.07) is 12.9. The van der Waals surface area contributed by atoms with Crippen molar-refractivity contribution in [1.82, 2.24) is 0 Å². The number of fused-ring (bicyclic) bond motifs is 1. The van der Waals surface area contributed by atoms with Crippen LogP contribution in [0.4, 0.5) is 5.69 Å². The van der Waals surface area contributed by atoms with E-state index >= 15 is 0 Å². The van der Waals surface area contributed by atoms with Gasteiger partial charge in [-0.3, -0.25) is 9.59 Å². The van der Waals surface area contributed by atoms with Crippen LogP contribution < -0.4 is 5.32 Å². The van der Waals surface area contributed by atoms with Crippen molar-refractivity contribution in [3.8, 4) is 0 Å². The van der Waals surface area contributed by atoms with Crippen LogP contribution in [-0.4, -0.2) is 18.0 Å². The number of amides is 1. The van der Waals surface area contributed by atoms with E-state index in [0.717, 1.165) is 18.4 Å². The highest BCUT2D eigenvalue weighted by atomic mass is 35.5. The molecular weight excluding hydrogens is 338 g/mol. The monoisotopic (exact) mass is 357 g/mol. The lowest BCUT2D eigenvalue weighted by Gasteiger charge is -2.14. The zero-order valence-electron chi connectivity index (χ0n) is 14.0. The number of esters is 1. The fourth-order valence-corrected chi connectivity index (χ4v) is 3.19. The van der Waals surface area contributed by atoms with Gasteiger partial charge in [-0.2, -0.15) is 0 Å². The maximum atomic E-state index is 12.1. The van der Waals surface area contributed by atoms with E-state index in [-0.39, 0.29) is 12.3 Å². The predicted molar refractivity (Wildman–Crippen MR) is 97.8 cm³/mol. The molecule has 0 radical (unpaired) electrons. The van der Waals surface area contributed by atoms with Gasteiger partial charge in [-0.05, 0) is 61.1 Å². The number of carbonyl (C=O) groups excluding carboxylic acids is 2. The molecule has 1 aliphatic carbocycles. The Balaban J connectivity index is 1.54. The minimum absolute atomic E-state index is 0.169. The summed E-state index contributed by atoms with van der Waals surface area (Å²) in [5, 5.41) is 3.21. The molecule has 0 unspecified atom stereocenters. The molecule has 4 nitrogen and oxygen atoms in total. The quantitative estimate of drug-likeness (QED) is 0.824. The summed E-state index contributed by atoms with van der Waals surface area (Å²) < 4.78 is 5.25. The molecule has 5 heteroatoms. The number of hydrogen-bond acceptors (Lipinski definition) is 3. The molecule has 2 aromatic rings. The number of nitrogens with one attached hydrogen (secondary N) is 1. The lowest BCUT2D eigenvalue weighted by Crippen LogP contribution is -2.30. The van der Waals surface area contributed by atoms with Gasteiger partial charge in [0.2, 0.25) is 0 Å². The van der Waals surface area contributed by atoms with Gasteiger partial charge < -0.3 is 10.1 Å². The van der Waals surface area contributed by atoms with Gasteiger partial charge in [-0.25, -0.2) is 0 Å². The first kappa shape index (κ1) is 17.5. The van der Waals surface area contributed by atoms with Gasteiger partial charge in [-0.1, -0.05) is 35.9 Å². The summed E-state index contributed by atoms with van der Waals surface area (Å²) in [6.07, 6.45) is 2.64. The van der Waals surface area contributed by atoms with Crippen LogP contribution in [0.1, 0.15) is 30.0 Å². The SMILES string of the molecule is C[C@H](OC(=O)Cc1ccc2c(c1)CCC2)C(=O)Nc1cccc(Cl)c1. The summed E-state index contributed by atoms with van der Waals surface area (Å²) in [5.41, 5.74) is 4.18. The predicted octanol–water partition coefficient (Wildman–Crippen LogP) is 3.94. The summed E-state index contributed by atoms with van der Waals surface area (Å²) >= 11 is 5.89. The van der Waals surface area contributed by atoms with Crippen molar-refractivity contribution in [2.24, 2.45) is 0 Å². The van der Waals surface area contributed by atoms with Crippen LogP contribution in [0, 0.1) is 0 Å². The Kier molecular flexibility index (Phi) is 5.39. The highest BCUT2D eigenvalue weighted by molar-refractivity contribution is 6.30. The normalized spacial score (nSPS) is 13.8. The minimum atomic E-state index is -0.874. The number of carbonyl (C=O) groups is 2. The highest BCUT2D eigenvalue weighted by Gasteiger charge is 2.19. The zero-order chi connectivity index (χ0) is 17.8. The highest BCUT2D eigenvalue weighted by Crippen LogP contribution is 2.23. The van der Waals surface area contributed by atoms with E-state index in [4.69, 9.17) is 16.3 Å². The average Bonchev–Trinajstić information content (AvgIpc) is 3.02. The van der Waals surface area contributed by atoms with Crippen molar-refractivity contribution in [2.45, 2.75) is 38.7 Å². The van der Waals surface area contributed by atoms with Crippen LogP contribution >= 0.6 is 11.6 Å². The first-order valence-electron chi connectivity index (χ1n) is 8.38. The standard InChI is InChI=1S/C20H20ClNO3/c1-13(20(24)22-18-7-3-6-17(21)12-18)25-19(23)11-14-8-9-15-4-2-5-16(15)10-14/h3,6-10,12-13H,2,4-5,11H2,1H3,(H,22,24)/t13-/m0/s1. The molecular formula is C20H20ClNO3. The molecule has 1 aliphatic rings. The third-order valence-electron chi connectivity index (χ3n) is 4.28. The van der Waals surface area contributed by atoms with Gasteiger partial charge in [0.1, 0.15) is 0 Å². The molecule has 0 aromatic heterocycles. The first-order valence-corrected chi connectivity index (χ1v) is 8.75. The molecule has 0 spiro atoms. The van der Waals surface area contributed by atoms with Gasteiger partial charge in [0.05, 0.1) is 6.42 Å². The van der Waals surface area contributed by atoms with Crippen LogP contribution in [0.2, 0.25) is 5.02 Å². The lowest BCUT2D eigenvalue weighted by molar-refractivity contribution is -0.152. The Morgan fingerprint density at radius 2 is 1.96 bits per heavy atom. The van der Waals surface area contributed by atoms with Crippen LogP contribution in [0.5, 0.6) is 0 Å². The van der Waals surface area contributed by atoms with Gasteiger partial charge in [-0.15, -0.1) is 0 Å². The molecule has 3 rings (SSSR count). The van der Waals surface area contributed by atoms with Gasteiger partial charge >= 0.3 is 5.97 Å². The largest absolute Gasteiger partial charge is 0.452 e. The number of anilines is 1. The van der Waals surface area contributed by atoms with Gasteiger partial charge in [0.25, 0.3) is 5.91 Å². The number of halogens is 1. The summed E-state index contributed by atoms with van der Waals surface area (Å²) in [4.78, 5) is 24.2. The minimum Gasteiger partial charge on any atom is -0.452 e. The fourth-order valence-electron chi connectivity index (χ4n) is 3.00. The van der Waals surface area contributed by atoms with E-state index in [0.29, 0.717) is 10.7 Å². The van der Waals surface area contributed by atoms with E-state index in [1.54, 1.807) is 31.2 Å². The van der Waals surface area contributed by atoms with Gasteiger partial charge in [0, 0.05) is 10.7 Å². The van der Waals surface area contributed by atoms with E-state index in [2.05, 4.69) is 17.4 Å². The lowest BCUT2D eigenvalue weighted by atomic mass is 10.0. The molecule has 1 amide bonds. The number of aryl methyl sites for hydroxylation is 2. The summed E-state index contributed by atoms with van der Waals surface area (Å²) in [5.74, 6) is -0.795. The molecule has 0 fully saturated rings. The second-order valence-electron chi connectivity index (χ2n) is 6.27. The Labute approximate surface area is 152 Å². The van der Waals surface area contributed by atoms with Gasteiger partial charge in [0.15, 0.2) is 6.10 Å². The van der Waals surface area contributed by atoms with Crippen molar-refractivity contribution in [3.05, 3.63) is 64.2 Å². The molecule has 1 atom stereocenters. The molecule has 25 heavy (non-hydrogen) atoms. The van der Waals surface area contributed by atoms with E-state index in [1.807, 2.05) is 6.07 Å². The first-order chi connectivity index (χ1) is 12.0. The molecule has 2 aromatic carbocycles. The molecule has 0 bridgehead atoms. The Hall–Kier alpha value is -2.33. The van der Waals surface area contributed by atoms with E-state index < -0.39 is 12.1 Å². The van der Waals surface area contributed by atoms with Crippen LogP contribution in [0.3, 0.4) is 0 Å². The Morgan fingerprint density at radius 1 is 1.16 bits per heavy atom. The molecule has 0 saturated carbocycles. The van der Waals surface area contributed by atoms with Crippen molar-refractivity contribution in [2.75, 3.05) is 5.32 Å². The van der Waals surface area contributed by atoms with E-state index in [1.165, 1.54) is 17.5 Å². The van der Waals surface area contributed by atoms with Crippen LogP contribution in [0.15, 0.2) is 42.5 Å². The summed E-state index contributed by atoms with van der Waals surface area (Å²) in [6.45, 7) is 1.56. The summed E-state index contributed by atoms with van der Waals surface area (Å²) in [7, 11) is 0. The van der Waals surface area contributed by atoms with Crippen molar-refractivity contribution < 1.29 is 14.3 Å². The zero-order valence-corrected chi connectivity index (χ0v) is 14.8. The number of rotatable bonds is 5. The van der Waals surface area contributed by atoms with Crippen molar-refractivity contribution in [1.29, 1.82) is 0 Å². The van der Waals surface area contributed by atoms with Crippen LogP contribution in [0.25, 0.3) is 0 Å². The third kappa shape index (κ3) is 4.60. The smallest absolute Gasteiger partial charge is 0.311 e. The van der Waals surface area contributed by atoms with E-state index in [9.17, 15) is 9.59 Å². The average molecular weight is 358 g/mol. The number of hydrogen-bond donors (Lipinski definition) is 1. The van der Waals surface area contributed by atoms with Crippen LogP contribution in [-0.2, 0) is 33.6 Å². The molecule has 1 N–H and O–H groups in total. The second-order valence-corrected chi connectivity index (χ2v) is 6.70.